The van der Waals surface area contributed by atoms with Crippen molar-refractivity contribution in [3.05, 3.63) is 96.1 Å². The van der Waals surface area contributed by atoms with Crippen LogP contribution in [0.15, 0.2) is 94.7 Å². The van der Waals surface area contributed by atoms with E-state index in [1.165, 1.54) is 0 Å². The van der Waals surface area contributed by atoms with Gasteiger partial charge in [-0.25, -0.2) is 13.2 Å². The van der Waals surface area contributed by atoms with Crippen LogP contribution in [-0.4, -0.2) is 25.2 Å². The van der Waals surface area contributed by atoms with Crippen molar-refractivity contribution in [2.75, 3.05) is 24.7 Å². The number of esters is 2. The smallest absolute Gasteiger partial charge is 0.339 e. The lowest BCUT2D eigenvalue weighted by molar-refractivity contribution is 0.0513. The van der Waals surface area contributed by atoms with Crippen LogP contribution in [-0.2, 0) is 13.1 Å². The number of ether oxygens (including phenoxy) is 2. The lowest BCUT2D eigenvalue weighted by Crippen LogP contribution is -2.07. The molecule has 4 rings (SSSR count). The summed E-state index contributed by atoms with van der Waals surface area (Å²) in [6.07, 6.45) is 0. The van der Waals surface area contributed by atoms with E-state index in [0.29, 0.717) is 32.3 Å². The summed E-state index contributed by atoms with van der Waals surface area (Å²) >= 11 is 2.00. The van der Waals surface area contributed by atoms with E-state index in [0.717, 1.165) is 46.3 Å². The van der Waals surface area contributed by atoms with E-state index >= 15 is 0 Å². The molecule has 200 valence electrons. The van der Waals surface area contributed by atoms with Gasteiger partial charge in [-0.05, 0) is 61.4 Å². The zero-order chi connectivity index (χ0) is 27.8. The van der Waals surface area contributed by atoms with Crippen LogP contribution in [0.3, 0.4) is 0 Å². The molecular formula is C30H28N2O5S2. The molecule has 0 unspecified atom stereocenters. The minimum Gasteiger partial charge on any atom is -0.462 e. The summed E-state index contributed by atoms with van der Waals surface area (Å²) in [6, 6.07) is 25.7. The molecule has 0 aliphatic carbocycles. The van der Waals surface area contributed by atoms with E-state index in [4.69, 9.17) is 24.6 Å². The molecule has 0 heterocycles. The Bertz CT molecular complexity index is 1380. The first-order valence-electron chi connectivity index (χ1n) is 12.3. The second kappa shape index (κ2) is 13.2. The topological polar surface area (TPSA) is 114 Å². The maximum atomic E-state index is 12.8. The molecule has 0 aliphatic rings. The average Bonchev–Trinajstić information content (AvgIpc) is 2.94. The molecule has 0 bridgehead atoms. The van der Waals surface area contributed by atoms with Crippen molar-refractivity contribution in [1.29, 1.82) is 0 Å². The first kappa shape index (κ1) is 28.1. The van der Waals surface area contributed by atoms with Crippen LogP contribution >= 0.6 is 24.1 Å². The van der Waals surface area contributed by atoms with Gasteiger partial charge in [0.05, 0.1) is 34.1 Å². The van der Waals surface area contributed by atoms with Crippen molar-refractivity contribution < 1.29 is 22.7 Å². The largest absolute Gasteiger partial charge is 0.462 e. The van der Waals surface area contributed by atoms with Gasteiger partial charge in [-0.2, -0.15) is 0 Å². The molecule has 39 heavy (non-hydrogen) atoms. The molecule has 0 saturated heterocycles. The van der Waals surface area contributed by atoms with Crippen LogP contribution in [0, 0.1) is 0 Å². The van der Waals surface area contributed by atoms with Gasteiger partial charge in [0.15, 0.2) is 0 Å². The SMILES string of the molecule is CCOC(=O)c1cc(-c2ccccc2N)ccc1SOSc1ccc(-c2ccccc2N)cc1C(=O)OCC. The van der Waals surface area contributed by atoms with Crippen LogP contribution in [0.2, 0.25) is 0 Å². The van der Waals surface area contributed by atoms with Gasteiger partial charge in [0, 0.05) is 46.6 Å². The van der Waals surface area contributed by atoms with Gasteiger partial charge in [0.25, 0.3) is 0 Å². The summed E-state index contributed by atoms with van der Waals surface area (Å²) in [4.78, 5) is 26.7. The summed E-state index contributed by atoms with van der Waals surface area (Å²) in [5.74, 6) is -0.941. The first-order valence-corrected chi connectivity index (χ1v) is 13.7. The van der Waals surface area contributed by atoms with Crippen molar-refractivity contribution in [2.45, 2.75) is 23.6 Å². The molecule has 7 nitrogen and oxygen atoms in total. The number of anilines is 2. The summed E-state index contributed by atoms with van der Waals surface area (Å²) in [5, 5.41) is 0. The summed E-state index contributed by atoms with van der Waals surface area (Å²) in [6.45, 7) is 3.97. The standard InChI is InChI=1S/C30H28N2O5S2/c1-3-35-29(33)23-17-19(21-9-5-7-11-25(21)31)13-15-27(23)38-37-39-28-16-14-20(18-24(28)30(34)36-4-2)22-10-6-8-12-26(22)32/h5-18H,3-4,31-32H2,1-2H3. The van der Waals surface area contributed by atoms with Crippen molar-refractivity contribution in [2.24, 2.45) is 0 Å². The zero-order valence-corrected chi connectivity index (χ0v) is 23.1. The predicted octanol–water partition coefficient (Wildman–Crippen LogP) is 7.27. The molecule has 0 aliphatic heterocycles. The first-order chi connectivity index (χ1) is 18.9. The van der Waals surface area contributed by atoms with Crippen molar-refractivity contribution in [1.82, 2.24) is 0 Å². The van der Waals surface area contributed by atoms with Gasteiger partial charge in [-0.1, -0.05) is 48.5 Å². The Morgan fingerprint density at radius 2 is 1.05 bits per heavy atom. The molecule has 4 aromatic carbocycles. The van der Waals surface area contributed by atoms with Crippen LogP contribution in [0.1, 0.15) is 34.6 Å². The molecule has 4 aromatic rings. The van der Waals surface area contributed by atoms with Crippen LogP contribution in [0.5, 0.6) is 0 Å². The number of hydrogen-bond acceptors (Lipinski definition) is 9. The second-order valence-corrected chi connectivity index (χ2v) is 10.0. The molecule has 0 atom stereocenters. The van der Waals surface area contributed by atoms with Gasteiger partial charge in [-0.15, -0.1) is 0 Å². The van der Waals surface area contributed by atoms with Gasteiger partial charge in [0.1, 0.15) is 0 Å². The highest BCUT2D eigenvalue weighted by atomic mass is 32.2. The number of carbonyl (C=O) groups is 2. The molecule has 0 amide bonds. The van der Waals surface area contributed by atoms with Crippen LogP contribution in [0.25, 0.3) is 22.3 Å². The van der Waals surface area contributed by atoms with Crippen LogP contribution in [0.4, 0.5) is 11.4 Å². The number of nitrogens with two attached hydrogens (primary N) is 2. The number of rotatable bonds is 10. The molecule has 0 spiro atoms. The minimum absolute atomic E-state index is 0.234. The second-order valence-electron chi connectivity index (χ2n) is 8.27. The third-order valence-electron chi connectivity index (χ3n) is 5.74. The number of carbonyl (C=O) groups excluding carboxylic acids is 2. The number of nitrogen functional groups attached to an aromatic ring is 2. The van der Waals surface area contributed by atoms with Crippen molar-refractivity contribution in [3.63, 3.8) is 0 Å². The monoisotopic (exact) mass is 560 g/mol. The number of para-hydroxylation sites is 2. The average molecular weight is 561 g/mol. The normalized spacial score (nSPS) is 10.7. The Kier molecular flexibility index (Phi) is 9.54. The summed E-state index contributed by atoms with van der Waals surface area (Å²) in [5.41, 5.74) is 17.4. The fourth-order valence-corrected chi connectivity index (χ4v) is 5.32. The summed E-state index contributed by atoms with van der Waals surface area (Å²) in [7, 11) is 0. The van der Waals surface area contributed by atoms with Crippen LogP contribution < -0.4 is 11.5 Å². The molecule has 0 radical (unpaired) electrons. The number of hydrogen-bond donors (Lipinski definition) is 2. The van der Waals surface area contributed by atoms with E-state index in [9.17, 15) is 9.59 Å². The highest BCUT2D eigenvalue weighted by Crippen LogP contribution is 2.38. The fourth-order valence-electron chi connectivity index (χ4n) is 3.89. The van der Waals surface area contributed by atoms with Gasteiger partial charge in [0.2, 0.25) is 0 Å². The molecule has 4 N–H and O–H groups in total. The third kappa shape index (κ3) is 6.75. The maximum Gasteiger partial charge on any atom is 0.339 e. The molecule has 0 fully saturated rings. The Morgan fingerprint density at radius 3 is 1.44 bits per heavy atom. The van der Waals surface area contributed by atoms with Gasteiger partial charge >= 0.3 is 11.9 Å². The van der Waals surface area contributed by atoms with Crippen molar-refractivity contribution >= 4 is 47.4 Å². The minimum atomic E-state index is -0.470. The lowest BCUT2D eigenvalue weighted by atomic mass is 10.0. The third-order valence-corrected chi connectivity index (χ3v) is 7.36. The van der Waals surface area contributed by atoms with E-state index in [1.807, 2.05) is 48.5 Å². The Hall–Kier alpha value is -3.92. The Morgan fingerprint density at radius 1 is 0.641 bits per heavy atom. The predicted molar refractivity (Wildman–Crippen MR) is 157 cm³/mol. The quantitative estimate of drug-likeness (QED) is 0.117. The van der Waals surface area contributed by atoms with E-state index in [1.54, 1.807) is 50.2 Å². The van der Waals surface area contributed by atoms with Gasteiger partial charge < -0.3 is 20.9 Å². The zero-order valence-electron chi connectivity index (χ0n) is 21.5. The van der Waals surface area contributed by atoms with E-state index in [2.05, 4.69) is 0 Å². The van der Waals surface area contributed by atoms with E-state index in [-0.39, 0.29) is 13.2 Å². The lowest BCUT2D eigenvalue weighted by Gasteiger charge is -2.13. The Labute approximate surface area is 236 Å². The summed E-state index contributed by atoms with van der Waals surface area (Å²) < 4.78 is 16.4. The highest BCUT2D eigenvalue weighted by Gasteiger charge is 2.19. The molecule has 0 aromatic heterocycles. The van der Waals surface area contributed by atoms with Gasteiger partial charge in [-0.3, -0.25) is 0 Å². The van der Waals surface area contributed by atoms with E-state index < -0.39 is 11.9 Å². The molecular weight excluding hydrogens is 532 g/mol. The fraction of sp³-hybridized carbons (Fsp3) is 0.133. The van der Waals surface area contributed by atoms with Crippen molar-refractivity contribution in [3.8, 4) is 22.3 Å². The Balaban J connectivity index is 1.59. The molecule has 0 saturated carbocycles. The molecule has 9 heteroatoms. The number of benzene rings is 4. The highest BCUT2D eigenvalue weighted by molar-refractivity contribution is 8.08. The maximum absolute atomic E-state index is 12.8.